The summed E-state index contributed by atoms with van der Waals surface area (Å²) < 4.78 is 5.52. The van der Waals surface area contributed by atoms with Crippen molar-refractivity contribution in [2.45, 2.75) is 99.5 Å². The van der Waals surface area contributed by atoms with Gasteiger partial charge in [0.2, 0.25) is 0 Å². The third-order valence-corrected chi connectivity index (χ3v) is 10.9. The number of esters is 1. The molecule has 0 amide bonds. The molecule has 0 radical (unpaired) electrons. The van der Waals surface area contributed by atoms with Gasteiger partial charge in [-0.1, -0.05) is 53.7 Å². The predicted octanol–water partition coefficient (Wildman–Crippen LogP) is 6.42. The normalized spacial score (nSPS) is 43.9. The Morgan fingerprint density at radius 1 is 1.00 bits per heavy atom. The Kier molecular flexibility index (Phi) is 6.94. The molecule has 4 rings (SSSR count). The van der Waals surface area contributed by atoms with E-state index in [0.717, 1.165) is 32.1 Å². The number of rotatable bonds is 5. The van der Waals surface area contributed by atoms with Crippen LogP contribution in [-0.2, 0) is 19.1 Å². The molecule has 0 saturated heterocycles. The van der Waals surface area contributed by atoms with E-state index >= 15 is 0 Å². The third kappa shape index (κ3) is 4.22. The van der Waals surface area contributed by atoms with Crippen molar-refractivity contribution < 1.29 is 19.1 Å². The first-order valence-electron chi connectivity index (χ1n) is 13.8. The number of allylic oxidation sites excluding steroid dienone is 2. The summed E-state index contributed by atoms with van der Waals surface area (Å²) in [6, 6.07) is 0. The van der Waals surface area contributed by atoms with Crippen molar-refractivity contribution in [3.63, 3.8) is 0 Å². The lowest BCUT2D eigenvalue weighted by Gasteiger charge is -2.59. The molecule has 0 heterocycles. The van der Waals surface area contributed by atoms with Gasteiger partial charge in [-0.25, -0.2) is 0 Å². The van der Waals surface area contributed by atoms with E-state index < -0.39 is 0 Å². The molecule has 4 heteroatoms. The molecule has 0 aliphatic heterocycles. The molecule has 190 valence electrons. The topological polar surface area (TPSA) is 60.4 Å². The van der Waals surface area contributed by atoms with E-state index in [-0.39, 0.29) is 40.7 Å². The molecule has 4 aliphatic carbocycles. The van der Waals surface area contributed by atoms with Crippen LogP contribution in [0, 0.1) is 58.2 Å². The lowest BCUT2D eigenvalue weighted by molar-refractivity contribution is -0.175. The lowest BCUT2D eigenvalue weighted by Crippen LogP contribution is -2.61. The Balaban J connectivity index is 1.57. The maximum absolute atomic E-state index is 13.9. The van der Waals surface area contributed by atoms with Crippen molar-refractivity contribution in [3.8, 4) is 0 Å². The number of Topliss-reactive ketones (excluding diaryl/α,β-unsaturated/α-hetero) is 2. The minimum Gasteiger partial charge on any atom is -0.463 e. The van der Waals surface area contributed by atoms with Gasteiger partial charge < -0.3 is 4.74 Å². The summed E-state index contributed by atoms with van der Waals surface area (Å²) in [5, 5.41) is 0. The summed E-state index contributed by atoms with van der Waals surface area (Å²) in [7, 11) is 0. The number of ketones is 2. The molecule has 4 aliphatic rings. The van der Waals surface area contributed by atoms with Crippen molar-refractivity contribution in [2.24, 2.45) is 58.2 Å². The third-order valence-electron chi connectivity index (χ3n) is 10.9. The summed E-state index contributed by atoms with van der Waals surface area (Å²) in [5.41, 5.74) is -0.235. The molecular weight excluding hydrogens is 424 g/mol. The van der Waals surface area contributed by atoms with E-state index in [4.69, 9.17) is 4.74 Å². The Bertz CT molecular complexity index is 858. The lowest BCUT2D eigenvalue weighted by atomic mass is 9.43. The van der Waals surface area contributed by atoms with Gasteiger partial charge in [0.05, 0.1) is 0 Å². The minimum absolute atomic E-state index is 0.0864. The first kappa shape index (κ1) is 25.6. The fraction of sp³-hybridized carbons (Fsp3) is 0.833. The highest BCUT2D eigenvalue weighted by atomic mass is 16.5. The fourth-order valence-electron chi connectivity index (χ4n) is 8.65. The van der Waals surface area contributed by atoms with Gasteiger partial charge in [-0.15, -0.1) is 0 Å². The Morgan fingerprint density at radius 3 is 2.35 bits per heavy atom. The maximum Gasteiger partial charge on any atom is 0.302 e. The van der Waals surface area contributed by atoms with Crippen LogP contribution >= 0.6 is 0 Å². The maximum atomic E-state index is 13.9. The molecule has 0 aromatic carbocycles. The molecule has 0 aromatic rings. The van der Waals surface area contributed by atoms with E-state index in [1.165, 1.54) is 6.92 Å². The zero-order chi connectivity index (χ0) is 25.0. The van der Waals surface area contributed by atoms with Gasteiger partial charge in [0.15, 0.2) is 0 Å². The van der Waals surface area contributed by atoms with Crippen LogP contribution < -0.4 is 0 Å². The summed E-state index contributed by atoms with van der Waals surface area (Å²) in [4.78, 5) is 39.1. The largest absolute Gasteiger partial charge is 0.463 e. The Morgan fingerprint density at radius 2 is 1.71 bits per heavy atom. The number of carbonyl (C=O) groups is 3. The average molecular weight is 471 g/mol. The number of hydrogen-bond donors (Lipinski definition) is 0. The molecule has 10 atom stereocenters. The van der Waals surface area contributed by atoms with E-state index in [2.05, 4.69) is 53.7 Å². The van der Waals surface area contributed by atoms with Crippen LogP contribution in [-0.4, -0.2) is 23.6 Å². The van der Waals surface area contributed by atoms with Gasteiger partial charge in [0, 0.05) is 31.6 Å². The van der Waals surface area contributed by atoms with E-state index in [0.29, 0.717) is 54.0 Å². The van der Waals surface area contributed by atoms with E-state index in [1.54, 1.807) is 0 Å². The highest BCUT2D eigenvalue weighted by Gasteiger charge is 2.66. The Hall–Kier alpha value is -1.45. The van der Waals surface area contributed by atoms with Crippen LogP contribution in [0.4, 0.5) is 0 Å². The molecule has 4 saturated carbocycles. The van der Waals surface area contributed by atoms with Gasteiger partial charge in [0.1, 0.15) is 17.7 Å². The fourth-order valence-corrected chi connectivity index (χ4v) is 8.65. The molecule has 4 fully saturated rings. The predicted molar refractivity (Wildman–Crippen MR) is 134 cm³/mol. The van der Waals surface area contributed by atoms with Crippen LogP contribution in [0.2, 0.25) is 0 Å². The second-order valence-corrected chi connectivity index (χ2v) is 13.2. The van der Waals surface area contributed by atoms with Gasteiger partial charge in [-0.2, -0.15) is 0 Å². The second-order valence-electron chi connectivity index (χ2n) is 13.2. The number of carbonyl (C=O) groups excluding carboxylic acids is 3. The zero-order valence-electron chi connectivity index (χ0n) is 22.4. The first-order chi connectivity index (χ1) is 15.9. The van der Waals surface area contributed by atoms with E-state index in [9.17, 15) is 14.4 Å². The van der Waals surface area contributed by atoms with Crippen molar-refractivity contribution >= 4 is 17.5 Å². The first-order valence-corrected chi connectivity index (χ1v) is 13.8. The van der Waals surface area contributed by atoms with E-state index in [1.807, 2.05) is 0 Å². The van der Waals surface area contributed by atoms with Crippen LogP contribution in [0.3, 0.4) is 0 Å². The highest BCUT2D eigenvalue weighted by molar-refractivity contribution is 5.94. The molecule has 10 unspecified atom stereocenters. The minimum atomic E-state index is -0.249. The zero-order valence-corrected chi connectivity index (χ0v) is 22.4. The van der Waals surface area contributed by atoms with Crippen LogP contribution in [0.15, 0.2) is 12.2 Å². The molecule has 4 nitrogen and oxygen atoms in total. The molecule has 0 bridgehead atoms. The summed E-state index contributed by atoms with van der Waals surface area (Å²) in [6.45, 7) is 15.1. The van der Waals surface area contributed by atoms with Gasteiger partial charge >= 0.3 is 5.97 Å². The average Bonchev–Trinajstić information content (AvgIpc) is 3.08. The quantitative estimate of drug-likeness (QED) is 0.344. The molecular formula is C30H46O4. The highest BCUT2D eigenvalue weighted by Crippen LogP contribution is 2.66. The van der Waals surface area contributed by atoms with Crippen LogP contribution in [0.25, 0.3) is 0 Å². The summed E-state index contributed by atoms with van der Waals surface area (Å²) in [5.74, 6) is 2.61. The smallest absolute Gasteiger partial charge is 0.302 e. The molecule has 0 aromatic heterocycles. The number of ether oxygens (including phenoxy) is 1. The summed E-state index contributed by atoms with van der Waals surface area (Å²) in [6.07, 6.45) is 10.4. The van der Waals surface area contributed by atoms with Gasteiger partial charge in [0.25, 0.3) is 0 Å². The van der Waals surface area contributed by atoms with Gasteiger partial charge in [-0.3, -0.25) is 14.4 Å². The van der Waals surface area contributed by atoms with Crippen LogP contribution in [0.1, 0.15) is 93.4 Å². The second kappa shape index (κ2) is 9.21. The standard InChI is InChI=1S/C30H46O4/c1-17(2)18(3)8-9-19(4)23-10-11-24-27-25(32)15-21-14-22(34-20(5)31)12-13-29(21,6)28(27)26(33)16-30(23,24)7/h8-9,17-19,21-24,27-28H,10-16H2,1-7H3. The number of hydrogen-bond acceptors (Lipinski definition) is 4. The van der Waals surface area contributed by atoms with Crippen molar-refractivity contribution in [3.05, 3.63) is 12.2 Å². The van der Waals surface area contributed by atoms with Crippen LogP contribution in [0.5, 0.6) is 0 Å². The van der Waals surface area contributed by atoms with Crippen molar-refractivity contribution in [1.29, 1.82) is 0 Å². The molecule has 0 N–H and O–H groups in total. The molecule has 0 spiro atoms. The number of fused-ring (bicyclic) bond motifs is 5. The SMILES string of the molecule is CC(=O)OC1CCC2(C)C(CC(=O)C3C4CCC(C(C)C=CC(C)C(C)C)C4(C)CC(=O)C32)C1. The Labute approximate surface area is 206 Å². The van der Waals surface area contributed by atoms with Crippen molar-refractivity contribution in [1.82, 2.24) is 0 Å². The monoisotopic (exact) mass is 470 g/mol. The van der Waals surface area contributed by atoms with Gasteiger partial charge in [-0.05, 0) is 78.4 Å². The van der Waals surface area contributed by atoms with Crippen molar-refractivity contribution in [2.75, 3.05) is 0 Å². The molecule has 34 heavy (non-hydrogen) atoms. The summed E-state index contributed by atoms with van der Waals surface area (Å²) >= 11 is 0.